The fourth-order valence-corrected chi connectivity index (χ4v) is 3.74. The van der Waals surface area contributed by atoms with Crippen molar-refractivity contribution in [3.05, 3.63) is 46.7 Å². The van der Waals surface area contributed by atoms with Crippen molar-refractivity contribution in [3.63, 3.8) is 0 Å². The number of aromatic nitrogens is 3. The molecule has 0 saturated carbocycles. The van der Waals surface area contributed by atoms with Crippen LogP contribution in [0.5, 0.6) is 5.75 Å². The van der Waals surface area contributed by atoms with E-state index in [9.17, 15) is 4.79 Å². The lowest BCUT2D eigenvalue weighted by atomic mass is 10.2. The first-order valence-corrected chi connectivity index (χ1v) is 11.0. The molecule has 1 saturated heterocycles. The predicted octanol–water partition coefficient (Wildman–Crippen LogP) is 3.26. The molecule has 0 aliphatic carbocycles. The molecule has 0 spiro atoms. The summed E-state index contributed by atoms with van der Waals surface area (Å²) in [5.41, 5.74) is 2.06. The Kier molecular flexibility index (Phi) is 6.62. The molecule has 4 rings (SSSR count). The molecule has 162 valence electrons. The third-order valence-corrected chi connectivity index (χ3v) is 5.73. The fraction of sp³-hybridized carbons (Fsp3) is 0.364. The average molecular weight is 485 g/mol. The van der Waals surface area contributed by atoms with E-state index >= 15 is 0 Å². The number of carbonyl (C=O) groups is 1. The fourth-order valence-electron chi connectivity index (χ4n) is 3.48. The monoisotopic (exact) mass is 484 g/mol. The molecule has 0 bridgehead atoms. The Labute approximate surface area is 189 Å². The number of halogens is 1. The van der Waals surface area contributed by atoms with E-state index in [1.165, 1.54) is 0 Å². The third kappa shape index (κ3) is 5.48. The lowest BCUT2D eigenvalue weighted by Crippen LogP contribution is -2.30. The first-order valence-electron chi connectivity index (χ1n) is 10.2. The van der Waals surface area contributed by atoms with Gasteiger partial charge in [0.1, 0.15) is 5.75 Å². The number of hydrogen-bond donors (Lipinski definition) is 1. The molecular formula is C22H25BrN6O2. The SMILES string of the molecule is Cc1nc(N2CCCN(C)CC2)nc2ncc(NC(=O)COc3ccc(Br)cc3)cc12. The molecule has 1 aliphatic heterocycles. The van der Waals surface area contributed by atoms with E-state index in [4.69, 9.17) is 9.72 Å². The summed E-state index contributed by atoms with van der Waals surface area (Å²) >= 11 is 3.37. The largest absolute Gasteiger partial charge is 0.484 e. The Bertz CT molecular complexity index is 1080. The van der Waals surface area contributed by atoms with Crippen molar-refractivity contribution in [3.8, 4) is 5.75 Å². The van der Waals surface area contributed by atoms with Gasteiger partial charge in [-0.1, -0.05) is 15.9 Å². The van der Waals surface area contributed by atoms with Gasteiger partial charge in [-0.2, -0.15) is 4.98 Å². The van der Waals surface area contributed by atoms with Crippen molar-refractivity contribution >= 4 is 44.5 Å². The molecule has 9 heteroatoms. The number of hydrogen-bond acceptors (Lipinski definition) is 7. The predicted molar refractivity (Wildman–Crippen MR) is 125 cm³/mol. The molecule has 1 aliphatic rings. The van der Waals surface area contributed by atoms with Crippen LogP contribution in [0.15, 0.2) is 41.0 Å². The van der Waals surface area contributed by atoms with Gasteiger partial charge < -0.3 is 19.9 Å². The molecule has 3 aromatic rings. The summed E-state index contributed by atoms with van der Waals surface area (Å²) in [7, 11) is 2.14. The minimum Gasteiger partial charge on any atom is -0.484 e. The second-order valence-electron chi connectivity index (χ2n) is 7.64. The van der Waals surface area contributed by atoms with Gasteiger partial charge in [0.15, 0.2) is 12.3 Å². The highest BCUT2D eigenvalue weighted by molar-refractivity contribution is 9.10. The van der Waals surface area contributed by atoms with Crippen LogP contribution >= 0.6 is 15.9 Å². The van der Waals surface area contributed by atoms with Gasteiger partial charge in [-0.15, -0.1) is 0 Å². The molecular weight excluding hydrogens is 460 g/mol. The van der Waals surface area contributed by atoms with Gasteiger partial charge in [0.2, 0.25) is 5.95 Å². The van der Waals surface area contributed by atoms with Crippen LogP contribution in [0.4, 0.5) is 11.6 Å². The summed E-state index contributed by atoms with van der Waals surface area (Å²) in [4.78, 5) is 30.7. The number of fused-ring (bicyclic) bond motifs is 1. The maximum absolute atomic E-state index is 12.3. The summed E-state index contributed by atoms with van der Waals surface area (Å²) < 4.78 is 6.47. The molecule has 2 aromatic heterocycles. The summed E-state index contributed by atoms with van der Waals surface area (Å²) in [6, 6.07) is 9.18. The molecule has 0 radical (unpaired) electrons. The van der Waals surface area contributed by atoms with Crippen LogP contribution in [-0.2, 0) is 4.79 Å². The van der Waals surface area contributed by atoms with Gasteiger partial charge in [-0.3, -0.25) is 4.79 Å². The highest BCUT2D eigenvalue weighted by Gasteiger charge is 2.17. The van der Waals surface area contributed by atoms with Crippen molar-refractivity contribution in [2.45, 2.75) is 13.3 Å². The van der Waals surface area contributed by atoms with E-state index in [1.807, 2.05) is 25.1 Å². The van der Waals surface area contributed by atoms with E-state index in [1.54, 1.807) is 18.3 Å². The lowest BCUT2D eigenvalue weighted by Gasteiger charge is -2.21. The number of benzene rings is 1. The van der Waals surface area contributed by atoms with Crippen LogP contribution in [0.1, 0.15) is 12.1 Å². The number of rotatable bonds is 5. The number of carbonyl (C=O) groups excluding carboxylic acids is 1. The Morgan fingerprint density at radius 1 is 1.16 bits per heavy atom. The second kappa shape index (κ2) is 9.57. The average Bonchev–Trinajstić information content (AvgIpc) is 2.98. The molecule has 0 atom stereocenters. The van der Waals surface area contributed by atoms with Crippen LogP contribution in [0.2, 0.25) is 0 Å². The van der Waals surface area contributed by atoms with Gasteiger partial charge in [-0.05, 0) is 57.3 Å². The molecule has 1 aromatic carbocycles. The third-order valence-electron chi connectivity index (χ3n) is 5.20. The number of nitrogens with zero attached hydrogens (tertiary/aromatic N) is 5. The zero-order valence-corrected chi connectivity index (χ0v) is 19.2. The van der Waals surface area contributed by atoms with E-state index < -0.39 is 0 Å². The zero-order valence-electron chi connectivity index (χ0n) is 17.6. The zero-order chi connectivity index (χ0) is 21.8. The maximum atomic E-state index is 12.3. The number of nitrogens with one attached hydrogen (secondary N) is 1. The van der Waals surface area contributed by atoms with Crippen LogP contribution in [-0.4, -0.2) is 65.6 Å². The lowest BCUT2D eigenvalue weighted by molar-refractivity contribution is -0.118. The normalized spacial score (nSPS) is 15.0. The number of likely N-dealkylation sites (N-methyl/N-ethyl adjacent to an activating group) is 1. The highest BCUT2D eigenvalue weighted by Crippen LogP contribution is 2.22. The Morgan fingerprint density at radius 2 is 1.97 bits per heavy atom. The van der Waals surface area contributed by atoms with E-state index in [-0.39, 0.29) is 12.5 Å². The number of ether oxygens (including phenoxy) is 1. The molecule has 8 nitrogen and oxygen atoms in total. The smallest absolute Gasteiger partial charge is 0.262 e. The van der Waals surface area contributed by atoms with Crippen molar-refractivity contribution < 1.29 is 9.53 Å². The first kappa shape index (κ1) is 21.5. The van der Waals surface area contributed by atoms with Crippen LogP contribution in [0, 0.1) is 6.92 Å². The van der Waals surface area contributed by atoms with Crippen LogP contribution < -0.4 is 15.0 Å². The number of aryl methyl sites for hydroxylation is 1. The van der Waals surface area contributed by atoms with Crippen molar-refractivity contribution in [1.82, 2.24) is 19.9 Å². The Morgan fingerprint density at radius 3 is 2.77 bits per heavy atom. The number of amides is 1. The molecule has 1 N–H and O–H groups in total. The van der Waals surface area contributed by atoms with Gasteiger partial charge in [0.05, 0.1) is 17.6 Å². The van der Waals surface area contributed by atoms with Gasteiger partial charge >= 0.3 is 0 Å². The van der Waals surface area contributed by atoms with Crippen LogP contribution in [0.25, 0.3) is 11.0 Å². The van der Waals surface area contributed by atoms with E-state index in [0.29, 0.717) is 23.0 Å². The Hall–Kier alpha value is -2.78. The second-order valence-corrected chi connectivity index (χ2v) is 8.55. The van der Waals surface area contributed by atoms with Crippen molar-refractivity contribution in [2.75, 3.05) is 50.1 Å². The maximum Gasteiger partial charge on any atom is 0.262 e. The van der Waals surface area contributed by atoms with Crippen molar-refractivity contribution in [2.24, 2.45) is 0 Å². The minimum atomic E-state index is -0.257. The quantitative estimate of drug-likeness (QED) is 0.594. The van der Waals surface area contributed by atoms with Gasteiger partial charge in [0, 0.05) is 29.5 Å². The molecule has 3 heterocycles. The molecule has 1 fully saturated rings. The van der Waals surface area contributed by atoms with Gasteiger partial charge in [0.25, 0.3) is 5.91 Å². The minimum absolute atomic E-state index is 0.0858. The van der Waals surface area contributed by atoms with Crippen molar-refractivity contribution in [1.29, 1.82) is 0 Å². The molecule has 0 unspecified atom stereocenters. The summed E-state index contributed by atoms with van der Waals surface area (Å²) in [5.74, 6) is 1.09. The van der Waals surface area contributed by atoms with E-state index in [0.717, 1.165) is 48.2 Å². The topological polar surface area (TPSA) is 83.5 Å². The number of anilines is 2. The van der Waals surface area contributed by atoms with Gasteiger partial charge in [-0.25, -0.2) is 9.97 Å². The summed E-state index contributed by atoms with van der Waals surface area (Å²) in [6.07, 6.45) is 2.70. The molecule has 1 amide bonds. The van der Waals surface area contributed by atoms with Crippen LogP contribution in [0.3, 0.4) is 0 Å². The van der Waals surface area contributed by atoms with E-state index in [2.05, 4.69) is 48.1 Å². The standard InChI is InChI=1S/C22H25BrN6O2/c1-15-19-12-17(26-20(30)14-31-18-6-4-16(23)5-7-18)13-24-21(19)27-22(25-15)29-9-3-8-28(2)10-11-29/h4-7,12-13H,3,8-11,14H2,1-2H3,(H,26,30). The first-order chi connectivity index (χ1) is 15.0. The molecule has 31 heavy (non-hydrogen) atoms. The highest BCUT2D eigenvalue weighted by atomic mass is 79.9. The summed E-state index contributed by atoms with van der Waals surface area (Å²) in [5, 5.41) is 3.65. The summed E-state index contributed by atoms with van der Waals surface area (Å²) in [6.45, 7) is 5.76. The Balaban J connectivity index is 1.44. The number of pyridine rings is 1.